The molecule has 7 nitrogen and oxygen atoms in total. The van der Waals surface area contributed by atoms with Gasteiger partial charge in [0.15, 0.2) is 0 Å². The largest absolute Gasteiger partial charge is 0.379 e. The van der Waals surface area contributed by atoms with Crippen LogP contribution in [0.2, 0.25) is 5.02 Å². The monoisotopic (exact) mass is 467 g/mol. The Morgan fingerprint density at radius 1 is 0.968 bits per heavy atom. The summed E-state index contributed by atoms with van der Waals surface area (Å²) in [5.74, 6) is -1.19. The zero-order valence-corrected chi connectivity index (χ0v) is 18.4. The molecular weight excluding hydrogens is 445 g/mol. The predicted molar refractivity (Wildman–Crippen MR) is 116 cm³/mol. The lowest BCUT2D eigenvalue weighted by Gasteiger charge is -2.36. The van der Waals surface area contributed by atoms with Gasteiger partial charge < -0.3 is 14.5 Å². The maximum absolute atomic E-state index is 14.4. The number of amides is 1. The first-order chi connectivity index (χ1) is 14.9. The van der Waals surface area contributed by atoms with Gasteiger partial charge in [-0.15, -0.1) is 0 Å². The van der Waals surface area contributed by atoms with Gasteiger partial charge in [-0.1, -0.05) is 23.7 Å². The van der Waals surface area contributed by atoms with Crippen molar-refractivity contribution in [3.63, 3.8) is 0 Å². The summed E-state index contributed by atoms with van der Waals surface area (Å²) in [6, 6.07) is 11.0. The van der Waals surface area contributed by atoms with Crippen LogP contribution in [0.3, 0.4) is 0 Å². The van der Waals surface area contributed by atoms with Crippen molar-refractivity contribution >= 4 is 33.2 Å². The Bertz CT molecular complexity index is 1070. The molecule has 0 N–H and O–H groups in total. The molecule has 0 atom stereocenters. The first kappa shape index (κ1) is 22.0. The maximum atomic E-state index is 14.4. The quantitative estimate of drug-likeness (QED) is 0.691. The van der Waals surface area contributed by atoms with Crippen LogP contribution in [0.5, 0.6) is 0 Å². The smallest absolute Gasteiger partial charge is 0.254 e. The summed E-state index contributed by atoms with van der Waals surface area (Å²) in [5, 5.41) is 0.652. The zero-order chi connectivity index (χ0) is 22.0. The SMILES string of the molecule is O=C(c1ccc(F)c(S(=O)(=O)N2CCOCC2)c1)N1CCN(c2ccccc2Cl)CC1. The molecule has 0 spiro atoms. The van der Waals surface area contributed by atoms with E-state index < -0.39 is 20.7 Å². The molecule has 0 bridgehead atoms. The second-order valence-corrected chi connectivity index (χ2v) is 9.71. The lowest BCUT2D eigenvalue weighted by Crippen LogP contribution is -2.49. The fraction of sp³-hybridized carbons (Fsp3) is 0.381. The van der Waals surface area contributed by atoms with Crippen molar-refractivity contribution in [1.82, 2.24) is 9.21 Å². The molecule has 2 saturated heterocycles. The van der Waals surface area contributed by atoms with E-state index in [9.17, 15) is 17.6 Å². The number of ether oxygens (including phenoxy) is 1. The minimum atomic E-state index is -4.04. The Morgan fingerprint density at radius 3 is 2.32 bits per heavy atom. The van der Waals surface area contributed by atoms with Gasteiger partial charge in [0, 0.05) is 44.8 Å². The highest BCUT2D eigenvalue weighted by atomic mass is 35.5. The standard InChI is InChI=1S/C21H23ClFN3O4S/c22-17-3-1-2-4-19(17)24-7-9-25(10-8-24)21(27)16-5-6-18(23)20(15-16)31(28,29)26-11-13-30-14-12-26/h1-6,15H,7-14H2. The predicted octanol–water partition coefficient (Wildman–Crippen LogP) is 2.46. The molecule has 2 aliphatic heterocycles. The summed E-state index contributed by atoms with van der Waals surface area (Å²) >= 11 is 6.26. The van der Waals surface area contributed by atoms with Gasteiger partial charge in [-0.25, -0.2) is 12.8 Å². The molecule has 166 valence electrons. The molecule has 0 radical (unpaired) electrons. The molecule has 2 heterocycles. The number of anilines is 1. The zero-order valence-electron chi connectivity index (χ0n) is 16.8. The van der Waals surface area contributed by atoms with Gasteiger partial charge in [-0.3, -0.25) is 4.79 Å². The van der Waals surface area contributed by atoms with Crippen LogP contribution in [0, 0.1) is 5.82 Å². The number of carbonyl (C=O) groups excluding carboxylic acids is 1. The van der Waals surface area contributed by atoms with E-state index in [4.69, 9.17) is 16.3 Å². The van der Waals surface area contributed by atoms with Gasteiger partial charge in [0.05, 0.1) is 23.9 Å². The van der Waals surface area contributed by atoms with Crippen LogP contribution in [-0.2, 0) is 14.8 Å². The van der Waals surface area contributed by atoms with E-state index in [1.807, 2.05) is 24.3 Å². The van der Waals surface area contributed by atoms with E-state index in [-0.39, 0.29) is 37.8 Å². The molecule has 2 aliphatic rings. The van der Waals surface area contributed by atoms with Crippen molar-refractivity contribution in [3.8, 4) is 0 Å². The molecule has 10 heteroatoms. The van der Waals surface area contributed by atoms with E-state index in [2.05, 4.69) is 4.90 Å². The van der Waals surface area contributed by atoms with Crippen molar-refractivity contribution < 1.29 is 22.3 Å². The molecule has 2 fully saturated rings. The number of halogens is 2. The number of benzene rings is 2. The van der Waals surface area contributed by atoms with Crippen LogP contribution in [0.4, 0.5) is 10.1 Å². The van der Waals surface area contributed by atoms with E-state index in [0.29, 0.717) is 31.2 Å². The molecule has 0 aliphatic carbocycles. The number of sulfonamides is 1. The maximum Gasteiger partial charge on any atom is 0.254 e. The average molecular weight is 468 g/mol. The molecule has 2 aromatic carbocycles. The second kappa shape index (κ2) is 9.12. The minimum Gasteiger partial charge on any atom is -0.379 e. The summed E-state index contributed by atoms with van der Waals surface area (Å²) < 4.78 is 46.5. The van der Waals surface area contributed by atoms with Gasteiger partial charge in [0.25, 0.3) is 5.91 Å². The van der Waals surface area contributed by atoms with Crippen LogP contribution in [0.25, 0.3) is 0 Å². The Labute approximate surface area is 186 Å². The highest BCUT2D eigenvalue weighted by Gasteiger charge is 2.31. The highest BCUT2D eigenvalue weighted by molar-refractivity contribution is 7.89. The molecular formula is C21H23ClFN3O4S. The summed E-state index contributed by atoms with van der Waals surface area (Å²) in [5.41, 5.74) is 1.07. The lowest BCUT2D eigenvalue weighted by atomic mass is 10.1. The van der Waals surface area contributed by atoms with Gasteiger partial charge in [-0.05, 0) is 30.3 Å². The molecule has 0 unspecified atom stereocenters. The first-order valence-electron chi connectivity index (χ1n) is 10.0. The topological polar surface area (TPSA) is 70.2 Å². The number of rotatable bonds is 4. The Morgan fingerprint density at radius 2 is 1.65 bits per heavy atom. The molecule has 4 rings (SSSR count). The number of nitrogens with zero attached hydrogens (tertiary/aromatic N) is 3. The third-order valence-electron chi connectivity index (χ3n) is 5.53. The third kappa shape index (κ3) is 4.55. The van der Waals surface area contributed by atoms with Crippen LogP contribution < -0.4 is 4.90 Å². The van der Waals surface area contributed by atoms with Crippen LogP contribution in [-0.4, -0.2) is 76.0 Å². The van der Waals surface area contributed by atoms with Crippen LogP contribution >= 0.6 is 11.6 Å². The van der Waals surface area contributed by atoms with Gasteiger partial charge in [0.2, 0.25) is 10.0 Å². The van der Waals surface area contributed by atoms with Gasteiger partial charge in [-0.2, -0.15) is 4.31 Å². The molecule has 31 heavy (non-hydrogen) atoms. The minimum absolute atomic E-state index is 0.152. The first-order valence-corrected chi connectivity index (χ1v) is 11.9. The summed E-state index contributed by atoms with van der Waals surface area (Å²) in [6.07, 6.45) is 0. The molecule has 0 aromatic heterocycles. The fourth-order valence-corrected chi connectivity index (χ4v) is 5.55. The Hall–Kier alpha value is -2.20. The summed E-state index contributed by atoms with van der Waals surface area (Å²) in [6.45, 7) is 2.92. The Balaban J connectivity index is 1.50. The number of para-hydroxylation sites is 1. The molecule has 2 aromatic rings. The van der Waals surface area contributed by atoms with E-state index in [0.717, 1.165) is 17.8 Å². The van der Waals surface area contributed by atoms with Crippen molar-refractivity contribution in [2.24, 2.45) is 0 Å². The van der Waals surface area contributed by atoms with Crippen molar-refractivity contribution in [1.29, 1.82) is 0 Å². The Kier molecular flexibility index (Phi) is 6.47. The van der Waals surface area contributed by atoms with Crippen LogP contribution in [0.1, 0.15) is 10.4 Å². The third-order valence-corrected chi connectivity index (χ3v) is 7.76. The number of carbonyl (C=O) groups is 1. The van der Waals surface area contributed by atoms with E-state index in [1.54, 1.807) is 4.90 Å². The number of piperazine rings is 1. The van der Waals surface area contributed by atoms with Crippen LogP contribution in [0.15, 0.2) is 47.4 Å². The second-order valence-electron chi connectivity index (χ2n) is 7.39. The fourth-order valence-electron chi connectivity index (χ4n) is 3.80. The normalized spacial score (nSPS) is 18.3. The lowest BCUT2D eigenvalue weighted by molar-refractivity contribution is 0.0728. The average Bonchev–Trinajstić information content (AvgIpc) is 2.80. The van der Waals surface area contributed by atoms with Crippen molar-refractivity contribution in [2.45, 2.75) is 4.90 Å². The van der Waals surface area contributed by atoms with Gasteiger partial charge >= 0.3 is 0 Å². The molecule has 1 amide bonds. The van der Waals surface area contributed by atoms with Gasteiger partial charge in [0.1, 0.15) is 10.7 Å². The van der Waals surface area contributed by atoms with E-state index >= 15 is 0 Å². The summed E-state index contributed by atoms with van der Waals surface area (Å²) in [7, 11) is -4.04. The summed E-state index contributed by atoms with van der Waals surface area (Å²) in [4.78, 5) is 16.3. The highest BCUT2D eigenvalue weighted by Crippen LogP contribution is 2.27. The number of morpholine rings is 1. The number of hydrogen-bond donors (Lipinski definition) is 0. The van der Waals surface area contributed by atoms with Crippen molar-refractivity contribution in [2.75, 3.05) is 57.4 Å². The van der Waals surface area contributed by atoms with Crippen molar-refractivity contribution in [3.05, 3.63) is 58.9 Å². The van der Waals surface area contributed by atoms with E-state index in [1.165, 1.54) is 10.4 Å². The number of hydrogen-bond acceptors (Lipinski definition) is 5. The molecule has 0 saturated carbocycles.